The van der Waals surface area contributed by atoms with Crippen LogP contribution in [0, 0.1) is 0 Å². The molecule has 0 aliphatic carbocycles. The van der Waals surface area contributed by atoms with E-state index in [1.165, 1.54) is 18.5 Å². The molecule has 1 saturated heterocycles. The predicted octanol–water partition coefficient (Wildman–Crippen LogP) is 3.87. The van der Waals surface area contributed by atoms with Crippen LogP contribution < -0.4 is 14.4 Å². The topological polar surface area (TPSA) is 21.7 Å². The first-order chi connectivity index (χ1) is 10.4. The molecule has 21 heavy (non-hydrogen) atoms. The SMILES string of the molecule is COc1cc(N2CCCC2)ccc1OCc1ccccc1. The Morgan fingerprint density at radius 2 is 1.71 bits per heavy atom. The first kappa shape index (κ1) is 13.8. The number of hydrogen-bond donors (Lipinski definition) is 0. The second-order valence-electron chi connectivity index (χ2n) is 5.30. The number of rotatable bonds is 5. The minimum absolute atomic E-state index is 0.556. The number of ether oxygens (including phenoxy) is 2. The van der Waals surface area contributed by atoms with Crippen molar-refractivity contribution in [2.75, 3.05) is 25.1 Å². The van der Waals surface area contributed by atoms with Crippen LogP contribution in [0.15, 0.2) is 48.5 Å². The maximum Gasteiger partial charge on any atom is 0.162 e. The lowest BCUT2D eigenvalue weighted by atomic mass is 10.2. The van der Waals surface area contributed by atoms with Crippen LogP contribution in [0.3, 0.4) is 0 Å². The average molecular weight is 283 g/mol. The lowest BCUT2D eigenvalue weighted by Gasteiger charge is -2.19. The maximum absolute atomic E-state index is 5.89. The smallest absolute Gasteiger partial charge is 0.162 e. The minimum Gasteiger partial charge on any atom is -0.493 e. The molecule has 0 unspecified atom stereocenters. The van der Waals surface area contributed by atoms with Crippen LogP contribution in [0.25, 0.3) is 0 Å². The van der Waals surface area contributed by atoms with Gasteiger partial charge >= 0.3 is 0 Å². The van der Waals surface area contributed by atoms with E-state index >= 15 is 0 Å². The van der Waals surface area contributed by atoms with E-state index in [-0.39, 0.29) is 0 Å². The second kappa shape index (κ2) is 6.53. The molecule has 110 valence electrons. The molecule has 0 N–H and O–H groups in total. The lowest BCUT2D eigenvalue weighted by Crippen LogP contribution is -2.17. The largest absolute Gasteiger partial charge is 0.493 e. The van der Waals surface area contributed by atoms with Gasteiger partial charge in [0, 0.05) is 24.8 Å². The molecule has 2 aromatic carbocycles. The predicted molar refractivity (Wildman–Crippen MR) is 85.2 cm³/mol. The molecule has 2 aromatic rings. The van der Waals surface area contributed by atoms with E-state index in [0.29, 0.717) is 6.61 Å². The number of methoxy groups -OCH3 is 1. The number of nitrogens with zero attached hydrogens (tertiary/aromatic N) is 1. The van der Waals surface area contributed by atoms with E-state index in [0.717, 1.165) is 30.2 Å². The summed E-state index contributed by atoms with van der Waals surface area (Å²) in [6.45, 7) is 2.82. The minimum atomic E-state index is 0.556. The van der Waals surface area contributed by atoms with Gasteiger partial charge in [-0.2, -0.15) is 0 Å². The van der Waals surface area contributed by atoms with Crippen LogP contribution in [0.1, 0.15) is 18.4 Å². The Balaban J connectivity index is 1.72. The Kier molecular flexibility index (Phi) is 4.29. The van der Waals surface area contributed by atoms with Gasteiger partial charge in [-0.25, -0.2) is 0 Å². The van der Waals surface area contributed by atoms with Gasteiger partial charge in [0.1, 0.15) is 6.61 Å². The van der Waals surface area contributed by atoms with Crippen molar-refractivity contribution in [2.45, 2.75) is 19.4 Å². The fourth-order valence-electron chi connectivity index (χ4n) is 2.68. The Hall–Kier alpha value is -2.16. The summed E-state index contributed by atoms with van der Waals surface area (Å²) >= 11 is 0. The van der Waals surface area contributed by atoms with Gasteiger partial charge in [-0.1, -0.05) is 30.3 Å². The van der Waals surface area contributed by atoms with Crippen molar-refractivity contribution in [3.05, 3.63) is 54.1 Å². The summed E-state index contributed by atoms with van der Waals surface area (Å²) in [7, 11) is 1.69. The van der Waals surface area contributed by atoms with Gasteiger partial charge < -0.3 is 14.4 Å². The molecule has 1 heterocycles. The monoisotopic (exact) mass is 283 g/mol. The molecular weight excluding hydrogens is 262 g/mol. The highest BCUT2D eigenvalue weighted by Crippen LogP contribution is 2.33. The van der Waals surface area contributed by atoms with Crippen LogP contribution in [-0.4, -0.2) is 20.2 Å². The Labute approximate surface area is 126 Å². The summed E-state index contributed by atoms with van der Waals surface area (Å²) in [5.74, 6) is 1.60. The van der Waals surface area contributed by atoms with Crippen molar-refractivity contribution >= 4 is 5.69 Å². The van der Waals surface area contributed by atoms with Crippen LogP contribution in [0.5, 0.6) is 11.5 Å². The lowest BCUT2D eigenvalue weighted by molar-refractivity contribution is 0.284. The Morgan fingerprint density at radius 1 is 0.952 bits per heavy atom. The molecule has 1 aliphatic heterocycles. The standard InChI is InChI=1S/C18H21NO2/c1-20-18-13-16(19-11-5-6-12-19)9-10-17(18)21-14-15-7-3-2-4-8-15/h2-4,7-10,13H,5-6,11-12,14H2,1H3. The van der Waals surface area contributed by atoms with Crippen LogP contribution in [0.4, 0.5) is 5.69 Å². The fourth-order valence-corrected chi connectivity index (χ4v) is 2.68. The van der Waals surface area contributed by atoms with E-state index < -0.39 is 0 Å². The summed E-state index contributed by atoms with van der Waals surface area (Å²) in [5.41, 5.74) is 2.37. The average Bonchev–Trinajstić information content (AvgIpc) is 3.08. The Bertz CT molecular complexity index is 577. The molecule has 1 fully saturated rings. The number of anilines is 1. The number of hydrogen-bond acceptors (Lipinski definition) is 3. The zero-order valence-electron chi connectivity index (χ0n) is 12.4. The number of benzene rings is 2. The normalized spacial score (nSPS) is 14.2. The van der Waals surface area contributed by atoms with Crippen molar-refractivity contribution in [1.82, 2.24) is 0 Å². The third-order valence-electron chi connectivity index (χ3n) is 3.86. The van der Waals surface area contributed by atoms with Gasteiger partial charge in [-0.3, -0.25) is 0 Å². The summed E-state index contributed by atoms with van der Waals surface area (Å²) in [5, 5.41) is 0. The van der Waals surface area contributed by atoms with Crippen molar-refractivity contribution in [3.63, 3.8) is 0 Å². The molecule has 0 bridgehead atoms. The molecular formula is C18H21NO2. The van der Waals surface area contributed by atoms with E-state index in [9.17, 15) is 0 Å². The summed E-state index contributed by atoms with van der Waals surface area (Å²) in [6, 6.07) is 16.4. The second-order valence-corrected chi connectivity index (χ2v) is 5.30. The van der Waals surface area contributed by atoms with E-state index in [1.807, 2.05) is 24.3 Å². The van der Waals surface area contributed by atoms with Crippen molar-refractivity contribution in [1.29, 1.82) is 0 Å². The van der Waals surface area contributed by atoms with Crippen LogP contribution >= 0.6 is 0 Å². The highest BCUT2D eigenvalue weighted by Gasteiger charge is 2.14. The summed E-state index contributed by atoms with van der Waals surface area (Å²) < 4.78 is 11.4. The molecule has 0 spiro atoms. The third-order valence-corrected chi connectivity index (χ3v) is 3.86. The maximum atomic E-state index is 5.89. The first-order valence-electron chi connectivity index (χ1n) is 7.46. The van der Waals surface area contributed by atoms with E-state index in [1.54, 1.807) is 7.11 Å². The molecule has 0 amide bonds. The highest BCUT2D eigenvalue weighted by atomic mass is 16.5. The molecule has 1 aliphatic rings. The molecule has 0 radical (unpaired) electrons. The molecule has 0 saturated carbocycles. The quantitative estimate of drug-likeness (QED) is 0.831. The molecule has 3 heteroatoms. The van der Waals surface area contributed by atoms with E-state index in [4.69, 9.17) is 9.47 Å². The zero-order chi connectivity index (χ0) is 14.5. The van der Waals surface area contributed by atoms with Gasteiger partial charge in [0.15, 0.2) is 11.5 Å². The van der Waals surface area contributed by atoms with Gasteiger partial charge in [0.25, 0.3) is 0 Å². The van der Waals surface area contributed by atoms with E-state index in [2.05, 4.69) is 29.2 Å². The third kappa shape index (κ3) is 3.30. The summed E-state index contributed by atoms with van der Waals surface area (Å²) in [4.78, 5) is 2.39. The highest BCUT2D eigenvalue weighted by molar-refractivity contribution is 5.56. The fraction of sp³-hybridized carbons (Fsp3) is 0.333. The first-order valence-corrected chi connectivity index (χ1v) is 7.46. The molecule has 0 aromatic heterocycles. The molecule has 0 atom stereocenters. The van der Waals surface area contributed by atoms with Crippen molar-refractivity contribution in [3.8, 4) is 11.5 Å². The van der Waals surface area contributed by atoms with Crippen LogP contribution in [-0.2, 0) is 6.61 Å². The zero-order valence-corrected chi connectivity index (χ0v) is 12.4. The summed E-state index contributed by atoms with van der Waals surface area (Å²) in [6.07, 6.45) is 2.54. The van der Waals surface area contributed by atoms with Gasteiger partial charge in [0.05, 0.1) is 7.11 Å². The molecule has 3 rings (SSSR count). The van der Waals surface area contributed by atoms with Gasteiger partial charge in [-0.15, -0.1) is 0 Å². The van der Waals surface area contributed by atoms with Crippen LogP contribution in [0.2, 0.25) is 0 Å². The van der Waals surface area contributed by atoms with Gasteiger partial charge in [0.2, 0.25) is 0 Å². The van der Waals surface area contributed by atoms with Crippen molar-refractivity contribution in [2.24, 2.45) is 0 Å². The van der Waals surface area contributed by atoms with Crippen molar-refractivity contribution < 1.29 is 9.47 Å². The Morgan fingerprint density at radius 3 is 2.43 bits per heavy atom. The van der Waals surface area contributed by atoms with Gasteiger partial charge in [-0.05, 0) is 30.5 Å². The molecule has 3 nitrogen and oxygen atoms in total.